The minimum atomic E-state index is -0.891. The van der Waals surface area contributed by atoms with Gasteiger partial charge in [-0.3, -0.25) is 4.79 Å². The first-order chi connectivity index (χ1) is 5.04. The molecule has 0 spiro atoms. The zero-order valence-corrected chi connectivity index (χ0v) is 8.69. The van der Waals surface area contributed by atoms with Crippen molar-refractivity contribution in [1.82, 2.24) is 0 Å². The number of carboxylic acids is 2. The number of carbonyl (C=O) groups is 2. The monoisotopic (exact) mass is 184 g/mol. The molecular weight excluding hydrogens is 172 g/mol. The van der Waals surface area contributed by atoms with Crippen LogP contribution in [0.1, 0.15) is 20.3 Å². The quantitative estimate of drug-likeness (QED) is 0.490. The van der Waals surface area contributed by atoms with Crippen LogP contribution in [0.2, 0.25) is 0 Å². The van der Waals surface area contributed by atoms with Crippen molar-refractivity contribution >= 4 is 35.0 Å². The maximum atomic E-state index is 9.51. The summed E-state index contributed by atoms with van der Waals surface area (Å²) in [6, 6.07) is 0. The molecule has 0 aromatic carbocycles. The third-order valence-electron chi connectivity index (χ3n) is 0.612. The summed E-state index contributed by atoms with van der Waals surface area (Å²) in [7, 11) is 0. The van der Waals surface area contributed by atoms with Gasteiger partial charge in [0.2, 0.25) is 0 Å². The Morgan fingerprint density at radius 2 is 1.67 bits per heavy atom. The van der Waals surface area contributed by atoms with Crippen molar-refractivity contribution < 1.29 is 19.8 Å². The second-order valence-corrected chi connectivity index (χ2v) is 1.59. The first-order valence-corrected chi connectivity index (χ1v) is 3.12. The van der Waals surface area contributed by atoms with Gasteiger partial charge in [-0.25, -0.2) is 4.79 Å². The number of allylic oxidation sites excluding steroid dienone is 1. The summed E-state index contributed by atoms with van der Waals surface area (Å²) in [6.45, 7) is 3.26. The van der Waals surface area contributed by atoms with Crippen LogP contribution in [-0.4, -0.2) is 45.2 Å². The van der Waals surface area contributed by atoms with Crippen molar-refractivity contribution in [2.75, 3.05) is 0 Å². The van der Waals surface area contributed by atoms with E-state index < -0.39 is 11.9 Å². The first-order valence-electron chi connectivity index (χ1n) is 3.12. The molecule has 0 amide bonds. The summed E-state index contributed by atoms with van der Waals surface area (Å²) in [5.74, 6) is -1.64. The fourth-order valence-corrected chi connectivity index (χ4v) is 0.143. The fraction of sp³-hybridized carbons (Fsp3) is 0.429. The van der Waals surface area contributed by atoms with E-state index in [4.69, 9.17) is 10.2 Å². The summed E-state index contributed by atoms with van der Waals surface area (Å²) in [4.78, 5) is 18.9. The highest BCUT2D eigenvalue weighted by Crippen LogP contribution is 1.67. The van der Waals surface area contributed by atoms with Crippen LogP contribution in [0.3, 0.4) is 0 Å². The second-order valence-electron chi connectivity index (χ2n) is 1.59. The molecule has 0 aromatic rings. The Labute approximate surface area is 87.4 Å². The normalized spacial score (nSPS) is 7.83. The van der Waals surface area contributed by atoms with Crippen molar-refractivity contribution in [1.29, 1.82) is 0 Å². The number of hydrogen-bond acceptors (Lipinski definition) is 2. The van der Waals surface area contributed by atoms with Gasteiger partial charge in [0.1, 0.15) is 0 Å². The minimum absolute atomic E-state index is 0. The van der Waals surface area contributed by atoms with E-state index in [0.29, 0.717) is 0 Å². The summed E-state index contributed by atoms with van der Waals surface area (Å²) in [5, 5.41) is 15.5. The Hall–Kier alpha value is -0.554. The van der Waals surface area contributed by atoms with E-state index in [1.165, 1.54) is 6.08 Å². The molecule has 0 fully saturated rings. The second kappa shape index (κ2) is 13.1. The smallest absolute Gasteiger partial charge is 0.327 e. The van der Waals surface area contributed by atoms with Crippen molar-refractivity contribution in [3.63, 3.8) is 0 Å². The largest absolute Gasteiger partial charge is 0.481 e. The van der Waals surface area contributed by atoms with Crippen LogP contribution in [0.15, 0.2) is 12.2 Å². The molecular formula is C7H12MgO4. The summed E-state index contributed by atoms with van der Waals surface area (Å²) in [5.41, 5.74) is 0. The van der Waals surface area contributed by atoms with Gasteiger partial charge in [0.25, 0.3) is 0 Å². The van der Waals surface area contributed by atoms with Crippen LogP contribution in [0.5, 0.6) is 0 Å². The molecule has 0 saturated carbocycles. The molecule has 0 aliphatic rings. The van der Waals surface area contributed by atoms with Gasteiger partial charge in [0.15, 0.2) is 0 Å². The lowest BCUT2D eigenvalue weighted by Crippen LogP contribution is -1.86. The third kappa shape index (κ3) is 34.1. The zero-order valence-electron chi connectivity index (χ0n) is 7.28. The first kappa shape index (κ1) is 17.5. The molecule has 0 aromatic heterocycles. The van der Waals surface area contributed by atoms with Crippen LogP contribution in [-0.2, 0) is 9.59 Å². The van der Waals surface area contributed by atoms with Crippen LogP contribution in [0.25, 0.3) is 0 Å². The molecule has 0 rings (SSSR count). The zero-order chi connectivity index (χ0) is 9.28. The van der Waals surface area contributed by atoms with E-state index >= 15 is 0 Å². The van der Waals surface area contributed by atoms with Gasteiger partial charge in [-0.2, -0.15) is 0 Å². The maximum Gasteiger partial charge on any atom is 0.327 e. The number of hydrogen-bond donors (Lipinski definition) is 2. The van der Waals surface area contributed by atoms with Gasteiger partial charge < -0.3 is 10.2 Å². The Bertz CT molecular complexity index is 153. The molecule has 4 nitrogen and oxygen atoms in total. The third-order valence-corrected chi connectivity index (χ3v) is 0.612. The highest BCUT2D eigenvalue weighted by Gasteiger charge is 1.80. The van der Waals surface area contributed by atoms with Gasteiger partial charge in [-0.1, -0.05) is 13.0 Å². The Morgan fingerprint density at radius 3 is 1.67 bits per heavy atom. The molecule has 0 bridgehead atoms. The van der Waals surface area contributed by atoms with Gasteiger partial charge in [-0.05, 0) is 6.92 Å². The number of rotatable bonds is 2. The molecule has 0 unspecified atom stereocenters. The lowest BCUT2D eigenvalue weighted by Gasteiger charge is -1.71. The topological polar surface area (TPSA) is 74.6 Å². The molecule has 2 N–H and O–H groups in total. The van der Waals surface area contributed by atoms with Crippen LogP contribution < -0.4 is 0 Å². The van der Waals surface area contributed by atoms with Crippen molar-refractivity contribution in [3.8, 4) is 0 Å². The average molecular weight is 184 g/mol. The van der Waals surface area contributed by atoms with E-state index in [9.17, 15) is 9.59 Å². The van der Waals surface area contributed by atoms with Gasteiger partial charge in [-0.15, -0.1) is 0 Å². The Balaban J connectivity index is -0.000000126. The van der Waals surface area contributed by atoms with Gasteiger partial charge >= 0.3 is 11.9 Å². The van der Waals surface area contributed by atoms with Gasteiger partial charge in [0.05, 0.1) is 0 Å². The molecule has 0 aliphatic carbocycles. The summed E-state index contributed by atoms with van der Waals surface area (Å²) >= 11 is 0. The molecule has 0 aliphatic heterocycles. The molecule has 0 saturated heterocycles. The number of aliphatic carboxylic acids is 2. The summed E-state index contributed by atoms with van der Waals surface area (Å²) < 4.78 is 0. The Morgan fingerprint density at radius 1 is 1.33 bits per heavy atom. The minimum Gasteiger partial charge on any atom is -0.481 e. The number of carboxylic acid groups (broad SMARTS) is 2. The van der Waals surface area contributed by atoms with Crippen LogP contribution in [0, 0.1) is 0 Å². The SMILES string of the molecule is CC=CC(=O)O.CCC(=O)O.[Mg]. The lowest BCUT2D eigenvalue weighted by atomic mass is 10.5. The highest BCUT2D eigenvalue weighted by molar-refractivity contribution is 5.79. The van der Waals surface area contributed by atoms with Crippen molar-refractivity contribution in [3.05, 3.63) is 12.2 Å². The molecule has 5 heteroatoms. The lowest BCUT2D eigenvalue weighted by molar-refractivity contribution is -0.136. The van der Waals surface area contributed by atoms with Gasteiger partial charge in [0, 0.05) is 35.5 Å². The van der Waals surface area contributed by atoms with E-state index in [1.54, 1.807) is 13.8 Å². The molecule has 0 atom stereocenters. The van der Waals surface area contributed by atoms with E-state index in [1.807, 2.05) is 0 Å². The fourth-order valence-electron chi connectivity index (χ4n) is 0.143. The van der Waals surface area contributed by atoms with E-state index in [2.05, 4.69) is 0 Å². The molecule has 66 valence electrons. The van der Waals surface area contributed by atoms with Crippen LogP contribution in [0.4, 0.5) is 0 Å². The molecule has 0 heterocycles. The standard InChI is InChI=1S/C4H6O2.C3H6O2.Mg/c1-2-3-4(5)6;1-2-3(4)5;/h2-3H,1H3,(H,5,6);2H2,1H3,(H,4,5);. The molecule has 2 radical (unpaired) electrons. The van der Waals surface area contributed by atoms with E-state index in [0.717, 1.165) is 6.08 Å². The highest BCUT2D eigenvalue weighted by atomic mass is 24.3. The predicted molar refractivity (Wildman–Crippen MR) is 46.1 cm³/mol. The predicted octanol–water partition coefficient (Wildman–Crippen LogP) is 0.747. The molecule has 12 heavy (non-hydrogen) atoms. The van der Waals surface area contributed by atoms with Crippen molar-refractivity contribution in [2.45, 2.75) is 20.3 Å². The maximum absolute atomic E-state index is 9.51. The van der Waals surface area contributed by atoms with E-state index in [-0.39, 0.29) is 29.5 Å². The summed E-state index contributed by atoms with van der Waals surface area (Å²) in [6.07, 6.45) is 2.78. The van der Waals surface area contributed by atoms with Crippen molar-refractivity contribution in [2.24, 2.45) is 0 Å². The van der Waals surface area contributed by atoms with Crippen LogP contribution >= 0.6 is 0 Å². The average Bonchev–Trinajstić information content (AvgIpc) is 1.89. The Kier molecular flexibility index (Phi) is 19.1.